The molecule has 8 aromatic rings. The van der Waals surface area contributed by atoms with Gasteiger partial charge in [0.1, 0.15) is 39.6 Å². The molecule has 0 spiro atoms. The highest BCUT2D eigenvalue weighted by molar-refractivity contribution is 5.97. The van der Waals surface area contributed by atoms with E-state index in [0.29, 0.717) is 40.2 Å². The number of aromatic nitrogens is 12. The minimum Gasteiger partial charge on any atom is -0.474 e. The van der Waals surface area contributed by atoms with Crippen LogP contribution in [0.4, 0.5) is 5.82 Å². The van der Waals surface area contributed by atoms with Crippen LogP contribution in [0.15, 0.2) is 114 Å². The number of nitrogens with two attached hydrogens (primary N) is 2. The minimum absolute atomic E-state index is 0.0255. The zero-order chi connectivity index (χ0) is 67.9. The molecule has 0 aliphatic carbocycles. The van der Waals surface area contributed by atoms with Crippen LogP contribution >= 0.6 is 0 Å². The summed E-state index contributed by atoms with van der Waals surface area (Å²) < 4.78 is 53.3. The summed E-state index contributed by atoms with van der Waals surface area (Å²) in [7, 11) is 20.0. The van der Waals surface area contributed by atoms with E-state index in [-0.39, 0.29) is 35.6 Å². The second-order valence-electron chi connectivity index (χ2n) is 17.1. The smallest absolute Gasteiger partial charge is 0.386 e. The van der Waals surface area contributed by atoms with Crippen molar-refractivity contribution in [1.82, 2.24) is 63.1 Å². The van der Waals surface area contributed by atoms with E-state index >= 15 is 0 Å². The van der Waals surface area contributed by atoms with Gasteiger partial charge in [0.05, 0.1) is 71.5 Å². The number of hydrazine groups is 1. The number of allylic oxidation sites excluding steroid dienone is 1. The second-order valence-corrected chi connectivity index (χ2v) is 17.1. The number of esters is 4. The van der Waals surface area contributed by atoms with Crippen LogP contribution in [0.2, 0.25) is 0 Å². The quantitative estimate of drug-likeness (QED) is 0.0133. The van der Waals surface area contributed by atoms with Crippen LogP contribution in [0.3, 0.4) is 0 Å². The van der Waals surface area contributed by atoms with Gasteiger partial charge in [-0.2, -0.15) is 20.4 Å². The number of H-pyrrole nitrogens is 1. The fraction of sp³-hybridized carbons (Fsp3) is 0.382. The number of azide groups is 1. The van der Waals surface area contributed by atoms with E-state index < -0.39 is 30.3 Å². The fourth-order valence-electron chi connectivity index (χ4n) is 7.07. The molecule has 2 unspecified atom stereocenters. The summed E-state index contributed by atoms with van der Waals surface area (Å²) in [6, 6.07) is 11.0. The van der Waals surface area contributed by atoms with Crippen molar-refractivity contribution in [1.29, 1.82) is 0 Å². The molecular weight excluding hydrogens is 1180 g/mol. The number of anilines is 1. The molecule has 0 saturated carbocycles. The number of hydrogen-bond acceptors (Lipinski definition) is 22. The number of fused-ring (bicyclic) bond motifs is 3. The number of nitrogens with zero attached hydrogens (tertiary/aromatic N) is 16. The lowest BCUT2D eigenvalue weighted by molar-refractivity contribution is -0.252. The molecule has 35 nitrogen and oxygen atoms in total. The molecule has 9 heterocycles. The lowest BCUT2D eigenvalue weighted by Crippen LogP contribution is -2.14. The van der Waals surface area contributed by atoms with Crippen LogP contribution in [0.5, 0.6) is 0 Å². The van der Waals surface area contributed by atoms with Crippen LogP contribution in [-0.2, 0) is 80.4 Å². The van der Waals surface area contributed by atoms with Gasteiger partial charge in [-0.15, -0.1) is 0 Å². The van der Waals surface area contributed by atoms with Crippen molar-refractivity contribution in [2.45, 2.75) is 45.6 Å². The number of rotatable bonds is 11. The van der Waals surface area contributed by atoms with Gasteiger partial charge < -0.3 is 67.3 Å². The number of amides is 1. The van der Waals surface area contributed by atoms with Crippen LogP contribution < -0.4 is 22.6 Å². The molecule has 8 aromatic heterocycles. The Kier molecular flexibility index (Phi) is 36.2. The zero-order valence-corrected chi connectivity index (χ0v) is 52.5. The van der Waals surface area contributed by atoms with E-state index in [1.54, 1.807) is 85.5 Å². The molecule has 1 saturated heterocycles. The summed E-state index contributed by atoms with van der Waals surface area (Å²) >= 11 is 0. The molecule has 1 fully saturated rings. The third-order valence-corrected chi connectivity index (χ3v) is 11.3. The van der Waals surface area contributed by atoms with Gasteiger partial charge in [0.2, 0.25) is 0 Å². The normalized spacial score (nSPS) is 12.4. The maximum Gasteiger partial charge on any atom is 0.386 e. The van der Waals surface area contributed by atoms with E-state index in [4.69, 9.17) is 33.9 Å². The fourth-order valence-corrected chi connectivity index (χ4v) is 7.07. The highest BCUT2D eigenvalue weighted by atomic mass is 16.8. The number of aryl methyl sites for hydroxylation is 4. The van der Waals surface area contributed by atoms with E-state index in [9.17, 15) is 28.8 Å². The summed E-state index contributed by atoms with van der Waals surface area (Å²) in [6.07, 6.45) is 19.1. The van der Waals surface area contributed by atoms with Crippen molar-refractivity contribution in [3.8, 4) is 11.6 Å². The largest absolute Gasteiger partial charge is 0.474 e. The van der Waals surface area contributed by atoms with Crippen molar-refractivity contribution in [2.24, 2.45) is 39.1 Å². The number of hydrogen-bond donors (Lipinski definition) is 4. The van der Waals surface area contributed by atoms with E-state index in [2.05, 4.69) is 96.4 Å². The molecule has 1 amide bonds. The first-order valence-electron chi connectivity index (χ1n) is 26.1. The van der Waals surface area contributed by atoms with E-state index in [0.717, 1.165) is 24.0 Å². The first-order valence-corrected chi connectivity index (χ1v) is 26.1. The predicted molar refractivity (Wildman–Crippen MR) is 326 cm³/mol. The highest BCUT2D eigenvalue weighted by Crippen LogP contribution is 2.19. The van der Waals surface area contributed by atoms with Crippen LogP contribution in [-0.4, -0.2) is 177 Å². The van der Waals surface area contributed by atoms with Gasteiger partial charge in [0.15, 0.2) is 11.9 Å². The van der Waals surface area contributed by atoms with Crippen molar-refractivity contribution in [3.63, 3.8) is 0 Å². The molecule has 9 rings (SSSR count). The third-order valence-electron chi connectivity index (χ3n) is 11.3. The van der Waals surface area contributed by atoms with Crippen LogP contribution in [0.1, 0.15) is 57.8 Å². The number of carbonyl (C=O) groups is 5. The summed E-state index contributed by atoms with van der Waals surface area (Å²) in [4.78, 5) is 76.8. The van der Waals surface area contributed by atoms with Gasteiger partial charge in [-0.05, 0) is 67.4 Å². The second kappa shape index (κ2) is 42.2. The van der Waals surface area contributed by atoms with Gasteiger partial charge in [-0.1, -0.05) is 13.0 Å². The van der Waals surface area contributed by atoms with Gasteiger partial charge in [0, 0.05) is 98.9 Å². The standard InChI is InChI=1S/C10H11N3O2.C9H8N6O.C9H8N4O.C6H9N3O2.C6H7NO2.C6H12O2.C4H5NO2.C4H10O3.CH6N2/c1-12-9(13-5-3-4-6-13)8(7-11-12)10(14)15-2;1-14-9(15-4-2-3-5-15)7(6-11-14)8(16)12-13-10;1-12-9-6(5-10-12)11-8(14)7-3-2-4-13(7)9;1-9-5(7)4(3-8-9)6(10)11-2;1-4-5(7-2)6(8)9-3;1-5-3-4-6(7-2)8-5;1-5-3-4(6)7-2;1-5-4(6-2)7-3;1-3-2/h3-7H,1-2H3;2-6H,1H3;2-5H,1H3,(H,11,14);3H,7H2,1-2H3;4H,1,3H3;5-6H,3-4H2,1-2H3;3H2,2H3;4H,1-3H3;3H,2H2,1H3. The summed E-state index contributed by atoms with van der Waals surface area (Å²) in [5.41, 5.74) is 19.2. The molecule has 486 valence electrons. The van der Waals surface area contributed by atoms with Gasteiger partial charge in [-0.3, -0.25) is 48.8 Å². The Morgan fingerprint density at radius 1 is 0.756 bits per heavy atom. The Morgan fingerprint density at radius 2 is 1.26 bits per heavy atom. The van der Waals surface area contributed by atoms with E-state index in [1.807, 2.05) is 64.9 Å². The lowest BCUT2D eigenvalue weighted by atomic mass is 10.3. The van der Waals surface area contributed by atoms with E-state index in [1.165, 1.54) is 79.1 Å². The van der Waals surface area contributed by atoms with Crippen molar-refractivity contribution >= 4 is 52.3 Å². The monoisotopic (exact) mass is 1260 g/mol. The molecule has 0 radical (unpaired) electrons. The maximum absolute atomic E-state index is 11.5. The zero-order valence-electron chi connectivity index (χ0n) is 52.5. The van der Waals surface area contributed by atoms with Gasteiger partial charge >= 0.3 is 30.4 Å². The molecule has 2 atom stereocenters. The molecule has 6 N–H and O–H groups in total. The molecule has 1 aliphatic rings. The molecule has 35 heteroatoms. The number of methoxy groups -OCH3 is 8. The van der Waals surface area contributed by atoms with Crippen LogP contribution in [0, 0.1) is 13.1 Å². The van der Waals surface area contributed by atoms with Gasteiger partial charge in [0.25, 0.3) is 23.6 Å². The SMILES string of the molecule is CNN.COC(=O)c1cnn(C)c1-n1cccc1.COC(=O)c1cnn(C)c1N.COC(OC)OC.COC1CCC(C)O1.Cn1ncc(C(=O)N=[N+]=[N-])c1-n1cccc1.Cn1ncc2[nH]c(=O)c3cccn3c21.[C-]#[N+]C(=CC)C(=O)OC.[C-]#[N+]CC(=O)OC. The molecule has 90 heavy (non-hydrogen) atoms. The topological polar surface area (TPSA) is 408 Å². The summed E-state index contributed by atoms with van der Waals surface area (Å²) in [6.45, 7) is 15.6. The number of aromatic amines is 1. The Bertz CT molecular complexity index is 3680. The predicted octanol–water partition coefficient (Wildman–Crippen LogP) is 4.47. The summed E-state index contributed by atoms with van der Waals surface area (Å²) in [5, 5.41) is 18.9. The molecule has 0 aromatic carbocycles. The third kappa shape index (κ3) is 24.2. The average molecular weight is 1260 g/mol. The van der Waals surface area contributed by atoms with Gasteiger partial charge in [-0.25, -0.2) is 25.8 Å². The number of nitrogens with one attached hydrogen (secondary N) is 2. The first-order chi connectivity index (χ1) is 43.1. The Labute approximate surface area is 517 Å². The maximum atomic E-state index is 11.5. The molecule has 1 aliphatic heterocycles. The Hall–Kier alpha value is -10.8. The van der Waals surface area contributed by atoms with Crippen molar-refractivity contribution < 1.29 is 66.6 Å². The highest BCUT2D eigenvalue weighted by Gasteiger charge is 2.21. The summed E-state index contributed by atoms with van der Waals surface area (Å²) in [5.74, 6) is 3.65. The first kappa shape index (κ1) is 77.3. The lowest BCUT2D eigenvalue weighted by Gasteiger charge is -2.08. The minimum atomic E-state index is -0.640. The number of ether oxygens (including phenoxy) is 9. The van der Waals surface area contributed by atoms with Crippen molar-refractivity contribution in [3.05, 3.63) is 164 Å². The Morgan fingerprint density at radius 3 is 1.63 bits per heavy atom. The number of carbonyl (C=O) groups excluding carboxylic acids is 5. The van der Waals surface area contributed by atoms with Crippen LogP contribution in [0.25, 0.3) is 48.4 Å². The number of nitrogen functional groups attached to an aromatic ring is 1. The van der Waals surface area contributed by atoms with Crippen molar-refractivity contribution in [2.75, 3.05) is 76.2 Å². The Balaban J connectivity index is 0.000000521. The molecular formula is C55H76N20O15. The average Bonchev–Trinajstić information content (AvgIpc) is 1.67. The molecule has 0 bridgehead atoms.